The minimum Gasteiger partial charge on any atom is -0.452 e. The Labute approximate surface area is 175 Å². The summed E-state index contributed by atoms with van der Waals surface area (Å²) in [6, 6.07) is 6.46. The second-order valence-corrected chi connectivity index (χ2v) is 8.60. The number of rotatable bonds is 6. The van der Waals surface area contributed by atoms with E-state index in [1.165, 1.54) is 9.80 Å². The normalized spacial score (nSPS) is 23.9. The van der Waals surface area contributed by atoms with E-state index in [1.54, 1.807) is 38.1 Å². The minimum atomic E-state index is -1.57. The number of anilines is 1. The van der Waals surface area contributed by atoms with Gasteiger partial charge in [0.2, 0.25) is 11.6 Å². The van der Waals surface area contributed by atoms with Gasteiger partial charge in [-0.1, -0.05) is 12.1 Å². The zero-order chi connectivity index (χ0) is 21.6. The monoisotopic (exact) mass is 413 g/mol. The van der Waals surface area contributed by atoms with Crippen molar-refractivity contribution in [3.05, 3.63) is 29.8 Å². The predicted molar refractivity (Wildman–Crippen MR) is 108 cm³/mol. The average Bonchev–Trinajstić information content (AvgIpc) is 3.50. The number of hydrogen-bond acceptors (Lipinski definition) is 5. The largest absolute Gasteiger partial charge is 0.452 e. The highest BCUT2D eigenvalue weighted by Crippen LogP contribution is 2.45. The van der Waals surface area contributed by atoms with Gasteiger partial charge in [-0.05, 0) is 51.7 Å². The Bertz CT molecular complexity index is 910. The molecule has 0 spiro atoms. The zero-order valence-electron chi connectivity index (χ0n) is 17.5. The van der Waals surface area contributed by atoms with Crippen LogP contribution in [-0.4, -0.2) is 52.9 Å². The summed E-state index contributed by atoms with van der Waals surface area (Å²) < 4.78 is 5.40. The van der Waals surface area contributed by atoms with Crippen molar-refractivity contribution in [1.82, 2.24) is 10.2 Å². The van der Waals surface area contributed by atoms with E-state index in [1.807, 2.05) is 6.92 Å². The van der Waals surface area contributed by atoms with Gasteiger partial charge in [0.05, 0.1) is 11.3 Å². The Morgan fingerprint density at radius 2 is 1.90 bits per heavy atom. The van der Waals surface area contributed by atoms with E-state index in [0.29, 0.717) is 17.2 Å². The van der Waals surface area contributed by atoms with E-state index in [2.05, 4.69) is 5.32 Å². The molecule has 0 bridgehead atoms. The lowest BCUT2D eigenvalue weighted by Gasteiger charge is -2.50. The van der Waals surface area contributed by atoms with Gasteiger partial charge in [-0.15, -0.1) is 0 Å². The van der Waals surface area contributed by atoms with Crippen LogP contribution < -0.4 is 10.2 Å². The quantitative estimate of drug-likeness (QED) is 0.718. The van der Waals surface area contributed by atoms with E-state index in [0.717, 1.165) is 12.8 Å². The second-order valence-electron chi connectivity index (χ2n) is 8.60. The molecule has 30 heavy (non-hydrogen) atoms. The topological polar surface area (TPSA) is 96.0 Å². The summed E-state index contributed by atoms with van der Waals surface area (Å²) >= 11 is 0. The highest BCUT2D eigenvalue weighted by Gasteiger charge is 2.62. The van der Waals surface area contributed by atoms with Crippen molar-refractivity contribution in [3.8, 4) is 0 Å². The van der Waals surface area contributed by atoms with Crippen LogP contribution in [0.25, 0.3) is 0 Å². The molecule has 3 aliphatic rings. The first-order chi connectivity index (χ1) is 14.3. The molecular formula is C22H27N3O5. The number of nitrogens with one attached hydrogen (secondary N) is 1. The lowest BCUT2D eigenvalue weighted by Crippen LogP contribution is -2.70. The van der Waals surface area contributed by atoms with Gasteiger partial charge in [0.25, 0.3) is 11.8 Å². The molecule has 0 radical (unpaired) electrons. The summed E-state index contributed by atoms with van der Waals surface area (Å²) in [5.41, 5.74) is -0.787. The third-order valence-electron chi connectivity index (χ3n) is 6.19. The highest BCUT2D eigenvalue weighted by molar-refractivity contribution is 6.15. The Morgan fingerprint density at radius 1 is 1.20 bits per heavy atom. The molecule has 1 aromatic carbocycles. The van der Waals surface area contributed by atoms with Gasteiger partial charge in [-0.2, -0.15) is 0 Å². The summed E-state index contributed by atoms with van der Waals surface area (Å²) in [6.45, 7) is 5.09. The first-order valence-corrected chi connectivity index (χ1v) is 10.5. The van der Waals surface area contributed by atoms with E-state index in [-0.39, 0.29) is 42.6 Å². The molecule has 4 rings (SSSR count). The molecule has 3 amide bonds. The maximum Gasteiger partial charge on any atom is 0.354 e. The average molecular weight is 413 g/mol. The van der Waals surface area contributed by atoms with Gasteiger partial charge in [-0.3, -0.25) is 19.3 Å². The number of amides is 3. The Balaban J connectivity index is 1.63. The van der Waals surface area contributed by atoms with Crippen molar-refractivity contribution in [2.75, 3.05) is 11.5 Å². The molecule has 2 atom stereocenters. The van der Waals surface area contributed by atoms with Crippen molar-refractivity contribution >= 4 is 29.4 Å². The van der Waals surface area contributed by atoms with Crippen LogP contribution in [0.1, 0.15) is 56.8 Å². The van der Waals surface area contributed by atoms with E-state index in [9.17, 15) is 19.2 Å². The number of carbonyl (C=O) groups is 4. The molecule has 1 saturated heterocycles. The smallest absolute Gasteiger partial charge is 0.354 e. The van der Waals surface area contributed by atoms with E-state index in [4.69, 9.17) is 4.74 Å². The van der Waals surface area contributed by atoms with Crippen LogP contribution in [0, 0.1) is 5.92 Å². The number of esters is 1. The molecule has 1 aromatic rings. The van der Waals surface area contributed by atoms with Crippen molar-refractivity contribution in [2.45, 2.75) is 64.2 Å². The number of ether oxygens (including phenoxy) is 1. The van der Waals surface area contributed by atoms with Gasteiger partial charge in [-0.25, -0.2) is 4.79 Å². The summed E-state index contributed by atoms with van der Waals surface area (Å²) in [5, 5.41) is 2.85. The third kappa shape index (κ3) is 3.14. The van der Waals surface area contributed by atoms with Crippen molar-refractivity contribution in [2.24, 2.45) is 5.92 Å². The maximum atomic E-state index is 13.4. The summed E-state index contributed by atoms with van der Waals surface area (Å²) in [7, 11) is 0. The minimum absolute atomic E-state index is 0.0363. The molecule has 8 nitrogen and oxygen atoms in total. The van der Waals surface area contributed by atoms with Gasteiger partial charge in [0.15, 0.2) is 6.61 Å². The van der Waals surface area contributed by atoms with Crippen molar-refractivity contribution in [1.29, 1.82) is 0 Å². The molecule has 2 fully saturated rings. The maximum absolute atomic E-state index is 13.4. The molecule has 160 valence electrons. The summed E-state index contributed by atoms with van der Waals surface area (Å²) in [5.74, 6) is -1.22. The number of benzene rings is 1. The molecule has 1 aliphatic carbocycles. The molecule has 2 aliphatic heterocycles. The fourth-order valence-corrected chi connectivity index (χ4v) is 4.63. The number of carbonyl (C=O) groups excluding carboxylic acids is 4. The lowest BCUT2D eigenvalue weighted by molar-refractivity contribution is -0.161. The number of fused-ring (bicyclic) bond motifs is 3. The summed E-state index contributed by atoms with van der Waals surface area (Å²) in [6.07, 6.45) is 2.42. The zero-order valence-corrected chi connectivity index (χ0v) is 17.5. The molecular weight excluding hydrogens is 386 g/mol. The highest BCUT2D eigenvalue weighted by atomic mass is 16.5. The Morgan fingerprint density at radius 3 is 2.57 bits per heavy atom. The summed E-state index contributed by atoms with van der Waals surface area (Å²) in [4.78, 5) is 54.5. The van der Waals surface area contributed by atoms with Crippen LogP contribution in [0.15, 0.2) is 24.3 Å². The second kappa shape index (κ2) is 7.41. The molecule has 0 aromatic heterocycles. The first-order valence-electron chi connectivity index (χ1n) is 10.5. The predicted octanol–water partition coefficient (Wildman–Crippen LogP) is 1.83. The fraction of sp³-hybridized carbons (Fsp3) is 0.545. The van der Waals surface area contributed by atoms with Gasteiger partial charge in [0.1, 0.15) is 0 Å². The molecule has 1 saturated carbocycles. The van der Waals surface area contributed by atoms with Gasteiger partial charge >= 0.3 is 5.97 Å². The Hall–Kier alpha value is -2.90. The fourth-order valence-electron chi connectivity index (χ4n) is 4.63. The number of para-hydroxylation sites is 1. The van der Waals surface area contributed by atoms with Crippen LogP contribution >= 0.6 is 0 Å². The molecule has 1 N–H and O–H groups in total. The van der Waals surface area contributed by atoms with Crippen LogP contribution in [0.5, 0.6) is 0 Å². The van der Waals surface area contributed by atoms with E-state index < -0.39 is 18.2 Å². The Kier molecular flexibility index (Phi) is 5.03. The van der Waals surface area contributed by atoms with Crippen molar-refractivity contribution < 1.29 is 23.9 Å². The van der Waals surface area contributed by atoms with Crippen LogP contribution in [-0.2, 0) is 19.1 Å². The first kappa shape index (κ1) is 20.4. The number of nitrogens with zero attached hydrogens (tertiary/aromatic N) is 2. The van der Waals surface area contributed by atoms with Crippen LogP contribution in [0.3, 0.4) is 0 Å². The van der Waals surface area contributed by atoms with Gasteiger partial charge in [0, 0.05) is 24.9 Å². The van der Waals surface area contributed by atoms with Crippen LogP contribution in [0.4, 0.5) is 5.69 Å². The van der Waals surface area contributed by atoms with E-state index >= 15 is 0 Å². The van der Waals surface area contributed by atoms with Crippen molar-refractivity contribution in [3.63, 3.8) is 0 Å². The van der Waals surface area contributed by atoms with Crippen LogP contribution in [0.2, 0.25) is 0 Å². The number of hydrogen-bond donors (Lipinski definition) is 1. The molecule has 0 unspecified atom stereocenters. The molecule has 2 heterocycles. The SMILES string of the molecule is CC(C)N1C(=O)c2ccccc2N2C(=O)CC[C@]21C(=O)OCC(=O)N[C@H](C)C1CC1. The third-order valence-corrected chi connectivity index (χ3v) is 6.19. The standard InChI is InChI=1S/C22H27N3O5/c1-13(2)24-20(28)16-6-4-5-7-17(16)25-19(27)10-11-22(24,25)21(29)30-12-18(26)23-14(3)15-8-9-15/h4-7,13-15H,8-12H2,1-3H3,(H,23,26)/t14-,22-/m1/s1. The molecule has 8 heteroatoms. The van der Waals surface area contributed by atoms with Gasteiger partial charge < -0.3 is 15.0 Å². The lowest BCUT2D eigenvalue weighted by atomic mass is 9.95.